The van der Waals surface area contributed by atoms with Crippen LogP contribution in [0.5, 0.6) is 0 Å². The Morgan fingerprint density at radius 3 is 2.59 bits per heavy atom. The normalized spacial score (nSPS) is 14.5. The van der Waals surface area contributed by atoms with E-state index < -0.39 is 22.1 Å². The molecular formula is C15H30O5S2. The summed E-state index contributed by atoms with van der Waals surface area (Å²) < 4.78 is 15.9. The van der Waals surface area contributed by atoms with E-state index in [2.05, 4.69) is 32.9 Å². The van der Waals surface area contributed by atoms with Crippen LogP contribution in [0.4, 0.5) is 0 Å². The van der Waals surface area contributed by atoms with Gasteiger partial charge in [-0.1, -0.05) is 6.58 Å². The Labute approximate surface area is 140 Å². The van der Waals surface area contributed by atoms with E-state index in [9.17, 15) is 9.90 Å². The van der Waals surface area contributed by atoms with Crippen LogP contribution in [-0.4, -0.2) is 66.5 Å². The van der Waals surface area contributed by atoms with E-state index >= 15 is 0 Å². The summed E-state index contributed by atoms with van der Waals surface area (Å²) >= 11 is 1.40. The first kappa shape index (κ1) is 21.8. The Morgan fingerprint density at radius 2 is 2.05 bits per heavy atom. The van der Waals surface area contributed by atoms with Gasteiger partial charge in [0.15, 0.2) is 0 Å². The zero-order valence-electron chi connectivity index (χ0n) is 14.3. The zero-order chi connectivity index (χ0) is 17.2. The van der Waals surface area contributed by atoms with Crippen LogP contribution in [0.3, 0.4) is 0 Å². The van der Waals surface area contributed by atoms with E-state index in [0.29, 0.717) is 6.61 Å². The van der Waals surface area contributed by atoms with Gasteiger partial charge in [-0.2, -0.15) is 0 Å². The summed E-state index contributed by atoms with van der Waals surface area (Å²) in [5.74, 6) is 0.489. The molecule has 0 aromatic rings. The second-order valence-corrected chi connectivity index (χ2v) is 10.8. The SMILES string of the molecule is C=CC(=O)OCC(O)COCCCS(C)(C)C(C)(C)OSC. The lowest BCUT2D eigenvalue weighted by Gasteiger charge is -2.45. The molecule has 7 heteroatoms. The van der Waals surface area contributed by atoms with Crippen molar-refractivity contribution in [2.45, 2.75) is 31.3 Å². The van der Waals surface area contributed by atoms with Gasteiger partial charge in [-0.25, -0.2) is 14.8 Å². The van der Waals surface area contributed by atoms with Gasteiger partial charge in [0.05, 0.1) is 6.61 Å². The monoisotopic (exact) mass is 354 g/mol. The first-order valence-corrected chi connectivity index (χ1v) is 10.9. The fraction of sp³-hybridized carbons (Fsp3) is 0.800. The van der Waals surface area contributed by atoms with Crippen LogP contribution in [0, 0.1) is 0 Å². The predicted molar refractivity (Wildman–Crippen MR) is 95.6 cm³/mol. The highest BCUT2D eigenvalue weighted by molar-refractivity contribution is 8.33. The minimum absolute atomic E-state index is 0.0732. The molecule has 132 valence electrons. The summed E-state index contributed by atoms with van der Waals surface area (Å²) in [6.07, 6.45) is 7.61. The summed E-state index contributed by atoms with van der Waals surface area (Å²) in [6, 6.07) is 0. The molecule has 0 aliphatic rings. The van der Waals surface area contributed by atoms with Gasteiger partial charge in [-0.3, -0.25) is 0 Å². The second-order valence-electron chi connectivity index (χ2n) is 5.81. The molecule has 0 rings (SSSR count). The molecule has 1 unspecified atom stereocenters. The van der Waals surface area contributed by atoms with Crippen LogP contribution < -0.4 is 0 Å². The van der Waals surface area contributed by atoms with E-state index in [1.165, 1.54) is 12.0 Å². The quantitative estimate of drug-likeness (QED) is 0.251. The van der Waals surface area contributed by atoms with Crippen molar-refractivity contribution in [3.8, 4) is 0 Å². The summed E-state index contributed by atoms with van der Waals surface area (Å²) in [4.78, 5) is 10.7. The summed E-state index contributed by atoms with van der Waals surface area (Å²) in [6.45, 7) is 8.18. The molecule has 5 nitrogen and oxygen atoms in total. The van der Waals surface area contributed by atoms with Gasteiger partial charge in [0.2, 0.25) is 0 Å². The van der Waals surface area contributed by atoms with Gasteiger partial charge in [0, 0.05) is 18.9 Å². The largest absolute Gasteiger partial charge is 0.460 e. The Bertz CT molecular complexity index is 345. The van der Waals surface area contributed by atoms with Crippen molar-refractivity contribution in [3.05, 3.63) is 12.7 Å². The van der Waals surface area contributed by atoms with Crippen molar-refractivity contribution >= 4 is 28.0 Å². The lowest BCUT2D eigenvalue weighted by atomic mass is 10.4. The smallest absolute Gasteiger partial charge is 0.330 e. The predicted octanol–water partition coefficient (Wildman–Crippen LogP) is 2.58. The number of esters is 1. The number of aliphatic hydroxyl groups is 1. The third-order valence-electron chi connectivity index (χ3n) is 3.45. The fourth-order valence-corrected chi connectivity index (χ4v) is 4.24. The van der Waals surface area contributed by atoms with E-state index in [0.717, 1.165) is 18.2 Å². The molecule has 1 N–H and O–H groups in total. The standard InChI is InChI=1S/C15H30O5S2/c1-7-14(17)19-12-13(16)11-18-9-8-10-22(5,6)15(2,3)20-21-4/h7,13,16H,1,8-12H2,2-6H3. The lowest BCUT2D eigenvalue weighted by molar-refractivity contribution is -0.141. The van der Waals surface area contributed by atoms with Gasteiger partial charge in [0.25, 0.3) is 0 Å². The number of hydrogen-bond acceptors (Lipinski definition) is 6. The number of hydrogen-bond donors (Lipinski definition) is 1. The minimum atomic E-state index is -0.914. The van der Waals surface area contributed by atoms with Crippen LogP contribution in [0.2, 0.25) is 0 Å². The summed E-state index contributed by atoms with van der Waals surface area (Å²) in [5.41, 5.74) is 0. The molecule has 0 radical (unpaired) electrons. The molecular weight excluding hydrogens is 324 g/mol. The summed E-state index contributed by atoms with van der Waals surface area (Å²) in [7, 11) is -0.914. The highest BCUT2D eigenvalue weighted by atomic mass is 32.3. The third kappa shape index (κ3) is 8.43. The van der Waals surface area contributed by atoms with E-state index in [1.54, 1.807) is 0 Å². The Hall–Kier alpha value is -0.210. The number of carbonyl (C=O) groups is 1. The topological polar surface area (TPSA) is 65.0 Å². The van der Waals surface area contributed by atoms with Gasteiger partial charge in [0.1, 0.15) is 17.6 Å². The van der Waals surface area contributed by atoms with Gasteiger partial charge < -0.3 is 18.8 Å². The van der Waals surface area contributed by atoms with Crippen LogP contribution in [0.15, 0.2) is 12.7 Å². The van der Waals surface area contributed by atoms with Crippen molar-refractivity contribution in [2.75, 3.05) is 44.3 Å². The number of carbonyl (C=O) groups excluding carboxylic acids is 1. The molecule has 0 bridgehead atoms. The molecule has 22 heavy (non-hydrogen) atoms. The highest BCUT2D eigenvalue weighted by Crippen LogP contribution is 2.55. The molecule has 0 heterocycles. The molecule has 0 saturated heterocycles. The molecule has 0 fully saturated rings. The van der Waals surface area contributed by atoms with Crippen LogP contribution >= 0.6 is 22.1 Å². The molecule has 0 spiro atoms. The first-order valence-electron chi connectivity index (χ1n) is 7.13. The third-order valence-corrected chi connectivity index (χ3v) is 8.20. The van der Waals surface area contributed by atoms with E-state index in [-0.39, 0.29) is 18.1 Å². The summed E-state index contributed by atoms with van der Waals surface area (Å²) in [5, 5.41) is 9.60. The maximum atomic E-state index is 10.8. The maximum Gasteiger partial charge on any atom is 0.330 e. The zero-order valence-corrected chi connectivity index (χ0v) is 15.9. The average molecular weight is 355 g/mol. The van der Waals surface area contributed by atoms with Crippen molar-refractivity contribution in [3.63, 3.8) is 0 Å². The highest BCUT2D eigenvalue weighted by Gasteiger charge is 2.33. The number of aliphatic hydroxyl groups excluding tert-OH is 1. The van der Waals surface area contributed by atoms with Crippen molar-refractivity contribution in [2.24, 2.45) is 0 Å². The van der Waals surface area contributed by atoms with E-state index in [1.807, 2.05) is 6.26 Å². The molecule has 0 aliphatic carbocycles. The van der Waals surface area contributed by atoms with Crippen molar-refractivity contribution < 1.29 is 23.6 Å². The molecule has 0 aromatic heterocycles. The molecule has 0 saturated carbocycles. The van der Waals surface area contributed by atoms with Gasteiger partial charge in [-0.05, 0) is 50.6 Å². The first-order chi connectivity index (χ1) is 10.2. The number of ether oxygens (including phenoxy) is 2. The molecule has 0 amide bonds. The Morgan fingerprint density at radius 1 is 1.41 bits per heavy atom. The van der Waals surface area contributed by atoms with Crippen LogP contribution in [0.25, 0.3) is 0 Å². The fourth-order valence-electron chi connectivity index (χ4n) is 1.57. The molecule has 0 aromatic carbocycles. The van der Waals surface area contributed by atoms with E-state index in [4.69, 9.17) is 13.7 Å². The van der Waals surface area contributed by atoms with Crippen LogP contribution in [0.1, 0.15) is 20.3 Å². The van der Waals surface area contributed by atoms with Crippen molar-refractivity contribution in [1.29, 1.82) is 0 Å². The molecule has 1 atom stereocenters. The minimum Gasteiger partial charge on any atom is -0.460 e. The maximum absolute atomic E-state index is 10.8. The average Bonchev–Trinajstić information content (AvgIpc) is 2.43. The Kier molecular flexibility index (Phi) is 10.4. The van der Waals surface area contributed by atoms with Crippen LogP contribution in [-0.2, 0) is 18.5 Å². The number of rotatable bonds is 12. The Balaban J connectivity index is 3.88. The van der Waals surface area contributed by atoms with Gasteiger partial charge >= 0.3 is 5.97 Å². The second kappa shape index (κ2) is 10.5. The molecule has 0 aliphatic heterocycles. The lowest BCUT2D eigenvalue weighted by Crippen LogP contribution is -2.31. The van der Waals surface area contributed by atoms with Gasteiger partial charge in [-0.15, -0.1) is 0 Å². The van der Waals surface area contributed by atoms with Crippen molar-refractivity contribution in [1.82, 2.24) is 0 Å².